The van der Waals surface area contributed by atoms with Gasteiger partial charge in [-0.1, -0.05) is 19.9 Å². The van der Waals surface area contributed by atoms with Crippen LogP contribution in [0.2, 0.25) is 0 Å². The fourth-order valence-corrected chi connectivity index (χ4v) is 0.927. The minimum atomic E-state index is -0.720. The maximum absolute atomic E-state index is 11.1. The zero-order valence-electron chi connectivity index (χ0n) is 7.79. The molecule has 1 atom stereocenters. The molecule has 0 aromatic rings. The van der Waals surface area contributed by atoms with Crippen molar-refractivity contribution in [2.45, 2.75) is 32.9 Å². The molecule has 0 saturated carbocycles. The second-order valence-corrected chi connectivity index (χ2v) is 2.72. The number of nitrogens with zero attached hydrogens (tertiary/aromatic N) is 1. The van der Waals surface area contributed by atoms with E-state index < -0.39 is 6.23 Å². The summed E-state index contributed by atoms with van der Waals surface area (Å²) in [6, 6.07) is 0. The Bertz CT molecular complexity index is 155. The molecule has 1 N–H and O–H groups in total. The molecule has 3 nitrogen and oxygen atoms in total. The Morgan fingerprint density at radius 1 is 1.75 bits per heavy atom. The zero-order valence-corrected chi connectivity index (χ0v) is 7.79. The number of hydrogen-bond acceptors (Lipinski definition) is 2. The maximum atomic E-state index is 11.1. The van der Waals surface area contributed by atoms with Gasteiger partial charge >= 0.3 is 0 Å². The first kappa shape index (κ1) is 11.2. The molecular weight excluding hydrogens is 154 g/mol. The third-order valence-corrected chi connectivity index (χ3v) is 1.66. The number of aliphatic hydroxyl groups excluding tert-OH is 1. The van der Waals surface area contributed by atoms with Crippen LogP contribution < -0.4 is 0 Å². The number of carbonyl (C=O) groups excluding carboxylic acids is 1. The number of aliphatic hydroxyl groups is 1. The molecule has 3 heteroatoms. The summed E-state index contributed by atoms with van der Waals surface area (Å²) in [5.41, 5.74) is 0. The van der Waals surface area contributed by atoms with E-state index in [-0.39, 0.29) is 5.91 Å². The molecule has 1 unspecified atom stereocenters. The molecule has 0 bridgehead atoms. The Morgan fingerprint density at radius 2 is 2.33 bits per heavy atom. The van der Waals surface area contributed by atoms with Crippen LogP contribution in [0.25, 0.3) is 0 Å². The lowest BCUT2D eigenvalue weighted by atomic mass is 10.3. The average molecular weight is 171 g/mol. The molecule has 0 heterocycles. The largest absolute Gasteiger partial charge is 0.374 e. The van der Waals surface area contributed by atoms with Crippen molar-refractivity contribution in [2.75, 3.05) is 6.54 Å². The minimum absolute atomic E-state index is 0.210. The minimum Gasteiger partial charge on any atom is -0.374 e. The first-order valence-corrected chi connectivity index (χ1v) is 4.24. The lowest BCUT2D eigenvalue weighted by Gasteiger charge is -2.23. The Labute approximate surface area is 73.7 Å². The fraction of sp³-hybridized carbons (Fsp3) is 0.667. The lowest BCUT2D eigenvalue weighted by molar-refractivity contribution is -0.134. The summed E-state index contributed by atoms with van der Waals surface area (Å²) in [7, 11) is 0. The van der Waals surface area contributed by atoms with E-state index in [0.29, 0.717) is 6.54 Å². The second kappa shape index (κ2) is 5.77. The van der Waals surface area contributed by atoms with Crippen molar-refractivity contribution in [3.8, 4) is 0 Å². The summed E-state index contributed by atoms with van der Waals surface area (Å²) >= 11 is 0. The van der Waals surface area contributed by atoms with Crippen LogP contribution in [0.15, 0.2) is 12.7 Å². The highest BCUT2D eigenvalue weighted by molar-refractivity contribution is 5.87. The van der Waals surface area contributed by atoms with Crippen molar-refractivity contribution in [2.24, 2.45) is 0 Å². The van der Waals surface area contributed by atoms with E-state index >= 15 is 0 Å². The SMILES string of the molecule is C=CC(=O)N(CCCC)C(C)O. The van der Waals surface area contributed by atoms with Gasteiger partial charge < -0.3 is 10.0 Å². The van der Waals surface area contributed by atoms with Crippen LogP contribution in [0.5, 0.6) is 0 Å². The van der Waals surface area contributed by atoms with Gasteiger partial charge in [-0.3, -0.25) is 4.79 Å². The number of amides is 1. The molecule has 0 aliphatic heterocycles. The monoisotopic (exact) mass is 171 g/mol. The Kier molecular flexibility index (Phi) is 5.37. The van der Waals surface area contributed by atoms with Crippen LogP contribution >= 0.6 is 0 Å². The van der Waals surface area contributed by atoms with E-state index in [4.69, 9.17) is 0 Å². The lowest BCUT2D eigenvalue weighted by Crippen LogP contribution is -2.38. The summed E-state index contributed by atoms with van der Waals surface area (Å²) in [6.45, 7) is 7.59. The molecule has 0 aromatic heterocycles. The van der Waals surface area contributed by atoms with Crippen LogP contribution in [0.1, 0.15) is 26.7 Å². The van der Waals surface area contributed by atoms with Crippen LogP contribution in [0.4, 0.5) is 0 Å². The number of hydrogen-bond donors (Lipinski definition) is 1. The summed E-state index contributed by atoms with van der Waals surface area (Å²) in [5.74, 6) is -0.210. The predicted molar refractivity (Wildman–Crippen MR) is 48.5 cm³/mol. The second-order valence-electron chi connectivity index (χ2n) is 2.72. The van der Waals surface area contributed by atoms with Gasteiger partial charge in [0.2, 0.25) is 5.91 Å². The summed E-state index contributed by atoms with van der Waals surface area (Å²) in [6.07, 6.45) is 2.42. The van der Waals surface area contributed by atoms with Crippen molar-refractivity contribution in [3.63, 3.8) is 0 Å². The van der Waals surface area contributed by atoms with Gasteiger partial charge in [0, 0.05) is 6.54 Å². The predicted octanol–water partition coefficient (Wildman–Crippen LogP) is 1.14. The Morgan fingerprint density at radius 3 is 2.67 bits per heavy atom. The maximum Gasteiger partial charge on any atom is 0.247 e. The van der Waals surface area contributed by atoms with Crippen molar-refractivity contribution < 1.29 is 9.90 Å². The van der Waals surface area contributed by atoms with E-state index in [0.717, 1.165) is 12.8 Å². The van der Waals surface area contributed by atoms with Gasteiger partial charge in [0.1, 0.15) is 6.23 Å². The van der Waals surface area contributed by atoms with Gasteiger partial charge in [-0.15, -0.1) is 0 Å². The smallest absolute Gasteiger partial charge is 0.247 e. The van der Waals surface area contributed by atoms with Crippen LogP contribution in [0.3, 0.4) is 0 Å². The zero-order chi connectivity index (χ0) is 9.56. The first-order chi connectivity index (χ1) is 5.63. The van der Waals surface area contributed by atoms with E-state index in [1.54, 1.807) is 6.92 Å². The average Bonchev–Trinajstić information content (AvgIpc) is 2.04. The van der Waals surface area contributed by atoms with Crippen LogP contribution in [-0.2, 0) is 4.79 Å². The molecule has 0 aliphatic rings. The normalized spacial score (nSPS) is 12.2. The molecular formula is C9H17NO2. The number of unbranched alkanes of at least 4 members (excludes halogenated alkanes) is 1. The molecule has 0 radical (unpaired) electrons. The molecule has 0 rings (SSSR count). The molecule has 70 valence electrons. The molecule has 0 spiro atoms. The van der Waals surface area contributed by atoms with Gasteiger partial charge in [0.05, 0.1) is 0 Å². The number of rotatable bonds is 5. The van der Waals surface area contributed by atoms with Crippen molar-refractivity contribution in [3.05, 3.63) is 12.7 Å². The molecule has 0 fully saturated rings. The quantitative estimate of drug-likeness (QED) is 0.497. The topological polar surface area (TPSA) is 40.5 Å². The van der Waals surface area contributed by atoms with Gasteiger partial charge in [-0.2, -0.15) is 0 Å². The molecule has 0 aromatic carbocycles. The van der Waals surface area contributed by atoms with Crippen molar-refractivity contribution >= 4 is 5.91 Å². The number of carbonyl (C=O) groups is 1. The van der Waals surface area contributed by atoms with Crippen molar-refractivity contribution in [1.82, 2.24) is 4.90 Å². The highest BCUT2D eigenvalue weighted by atomic mass is 16.3. The standard InChI is InChI=1S/C9H17NO2/c1-4-6-7-10(8(3)11)9(12)5-2/h5,8,11H,2,4,6-7H2,1,3H3. The molecule has 12 heavy (non-hydrogen) atoms. The van der Waals surface area contributed by atoms with Gasteiger partial charge in [0.25, 0.3) is 0 Å². The van der Waals surface area contributed by atoms with Gasteiger partial charge in [-0.05, 0) is 19.4 Å². The third kappa shape index (κ3) is 3.53. The highest BCUT2D eigenvalue weighted by Crippen LogP contribution is 2.00. The summed E-state index contributed by atoms with van der Waals surface area (Å²) in [4.78, 5) is 12.5. The first-order valence-electron chi connectivity index (χ1n) is 4.24. The molecule has 0 aliphatic carbocycles. The van der Waals surface area contributed by atoms with Crippen LogP contribution in [0, 0.1) is 0 Å². The molecule has 0 saturated heterocycles. The summed E-state index contributed by atoms with van der Waals surface area (Å²) < 4.78 is 0. The van der Waals surface area contributed by atoms with E-state index in [2.05, 4.69) is 6.58 Å². The third-order valence-electron chi connectivity index (χ3n) is 1.66. The fourth-order valence-electron chi connectivity index (χ4n) is 0.927. The van der Waals surface area contributed by atoms with Crippen molar-refractivity contribution in [1.29, 1.82) is 0 Å². The van der Waals surface area contributed by atoms with E-state index in [9.17, 15) is 9.90 Å². The van der Waals surface area contributed by atoms with Gasteiger partial charge in [-0.25, -0.2) is 0 Å². The van der Waals surface area contributed by atoms with Crippen LogP contribution in [-0.4, -0.2) is 28.7 Å². The summed E-state index contributed by atoms with van der Waals surface area (Å²) in [5, 5.41) is 9.20. The van der Waals surface area contributed by atoms with Gasteiger partial charge in [0.15, 0.2) is 0 Å². The highest BCUT2D eigenvalue weighted by Gasteiger charge is 2.13. The van der Waals surface area contributed by atoms with E-state index in [1.165, 1.54) is 11.0 Å². The Hall–Kier alpha value is -0.830. The Balaban J connectivity index is 4.03. The molecule has 1 amide bonds. The van der Waals surface area contributed by atoms with E-state index in [1.807, 2.05) is 6.92 Å².